The predicted octanol–water partition coefficient (Wildman–Crippen LogP) is 0.440. The molecule has 1 aliphatic rings. The normalized spacial score (nSPS) is 16.0. The van der Waals surface area contributed by atoms with E-state index in [1.807, 2.05) is 0 Å². The zero-order valence-corrected chi connectivity index (χ0v) is 13.1. The molecule has 0 spiro atoms. The van der Waals surface area contributed by atoms with E-state index in [2.05, 4.69) is 10.0 Å². The minimum Gasteiger partial charge on any atom is -0.340 e. The van der Waals surface area contributed by atoms with Gasteiger partial charge >= 0.3 is 0 Å². The van der Waals surface area contributed by atoms with Crippen LogP contribution in [0.2, 0.25) is 5.02 Å². The maximum Gasteiger partial charge on any atom is 0.242 e. The minimum absolute atomic E-state index is 0.0290. The Kier molecular flexibility index (Phi) is 5.58. The van der Waals surface area contributed by atoms with Crippen molar-refractivity contribution in [1.82, 2.24) is 14.9 Å². The summed E-state index contributed by atoms with van der Waals surface area (Å²) in [5.74, 6) is -0.0432. The molecule has 0 aromatic heterocycles. The number of halogens is 1. The lowest BCUT2D eigenvalue weighted by Gasteiger charge is -2.27. The van der Waals surface area contributed by atoms with Crippen LogP contribution in [-0.4, -0.2) is 51.9 Å². The Morgan fingerprint density at radius 2 is 1.95 bits per heavy atom. The van der Waals surface area contributed by atoms with Gasteiger partial charge in [-0.25, -0.2) is 13.1 Å². The highest BCUT2D eigenvalue weighted by Gasteiger charge is 2.19. The average molecular weight is 332 g/mol. The highest BCUT2D eigenvalue weighted by atomic mass is 35.5. The van der Waals surface area contributed by atoms with Gasteiger partial charge in [-0.3, -0.25) is 4.79 Å². The number of hydrogen-bond donors (Lipinski definition) is 2. The third-order valence-electron chi connectivity index (χ3n) is 3.23. The van der Waals surface area contributed by atoms with Gasteiger partial charge in [0.2, 0.25) is 15.9 Å². The van der Waals surface area contributed by atoms with Gasteiger partial charge in [0.1, 0.15) is 4.90 Å². The first-order valence-corrected chi connectivity index (χ1v) is 8.59. The average Bonchev–Trinajstić information content (AvgIpc) is 2.48. The van der Waals surface area contributed by atoms with E-state index in [1.54, 1.807) is 17.0 Å². The van der Waals surface area contributed by atoms with Crippen LogP contribution in [0.25, 0.3) is 0 Å². The summed E-state index contributed by atoms with van der Waals surface area (Å²) in [6.07, 6.45) is 0.143. The van der Waals surface area contributed by atoms with E-state index in [-0.39, 0.29) is 28.8 Å². The Morgan fingerprint density at radius 3 is 2.62 bits per heavy atom. The second-order valence-electron chi connectivity index (χ2n) is 4.71. The van der Waals surface area contributed by atoms with Crippen molar-refractivity contribution in [2.24, 2.45) is 0 Å². The van der Waals surface area contributed by atoms with Gasteiger partial charge in [0.25, 0.3) is 0 Å². The number of sulfonamides is 1. The fourth-order valence-corrected chi connectivity index (χ4v) is 3.65. The van der Waals surface area contributed by atoms with Crippen LogP contribution in [0.3, 0.4) is 0 Å². The van der Waals surface area contributed by atoms with E-state index in [0.29, 0.717) is 13.1 Å². The molecular formula is C13H18ClN3O3S. The molecular weight excluding hydrogens is 314 g/mol. The van der Waals surface area contributed by atoms with Gasteiger partial charge in [0.15, 0.2) is 0 Å². The van der Waals surface area contributed by atoms with Crippen LogP contribution in [-0.2, 0) is 14.8 Å². The lowest BCUT2D eigenvalue weighted by Crippen LogP contribution is -2.47. The molecule has 1 aromatic carbocycles. The molecule has 0 atom stereocenters. The standard InChI is InChI=1S/C13H18ClN3O3S/c14-11-3-1-2-4-12(11)21(19,20)16-6-5-13(18)17-9-7-15-8-10-17/h1-4,15-16H,5-10H2. The first kappa shape index (κ1) is 16.2. The van der Waals surface area contributed by atoms with Crippen LogP contribution in [0.5, 0.6) is 0 Å². The van der Waals surface area contributed by atoms with Gasteiger partial charge in [0.05, 0.1) is 5.02 Å². The molecule has 1 saturated heterocycles. The third-order valence-corrected chi connectivity index (χ3v) is 5.19. The number of carbonyl (C=O) groups excluding carboxylic acids is 1. The largest absolute Gasteiger partial charge is 0.340 e. The molecule has 2 rings (SSSR count). The minimum atomic E-state index is -3.68. The number of nitrogens with zero attached hydrogens (tertiary/aromatic N) is 1. The van der Waals surface area contributed by atoms with Gasteiger partial charge < -0.3 is 10.2 Å². The molecule has 1 aliphatic heterocycles. The predicted molar refractivity (Wildman–Crippen MR) is 80.7 cm³/mol. The number of carbonyl (C=O) groups is 1. The summed E-state index contributed by atoms with van der Waals surface area (Å²) in [5, 5.41) is 3.32. The van der Waals surface area contributed by atoms with Crippen LogP contribution >= 0.6 is 11.6 Å². The molecule has 116 valence electrons. The Hall–Kier alpha value is -1.15. The molecule has 0 unspecified atom stereocenters. The summed E-state index contributed by atoms with van der Waals surface area (Å²) in [7, 11) is -3.68. The number of benzene rings is 1. The maximum absolute atomic E-state index is 12.1. The first-order valence-electron chi connectivity index (χ1n) is 6.73. The summed E-state index contributed by atoms with van der Waals surface area (Å²) in [6.45, 7) is 2.94. The number of piperazine rings is 1. The van der Waals surface area contributed by atoms with Crippen LogP contribution in [0.1, 0.15) is 6.42 Å². The van der Waals surface area contributed by atoms with Crippen molar-refractivity contribution in [2.75, 3.05) is 32.7 Å². The van der Waals surface area contributed by atoms with Crippen molar-refractivity contribution >= 4 is 27.5 Å². The van der Waals surface area contributed by atoms with E-state index in [1.165, 1.54) is 12.1 Å². The van der Waals surface area contributed by atoms with Crippen molar-refractivity contribution in [1.29, 1.82) is 0 Å². The molecule has 2 N–H and O–H groups in total. The number of amides is 1. The van der Waals surface area contributed by atoms with Crippen molar-refractivity contribution in [3.05, 3.63) is 29.3 Å². The van der Waals surface area contributed by atoms with Gasteiger partial charge in [-0.05, 0) is 12.1 Å². The second kappa shape index (κ2) is 7.22. The van der Waals surface area contributed by atoms with Crippen molar-refractivity contribution in [2.45, 2.75) is 11.3 Å². The summed E-state index contributed by atoms with van der Waals surface area (Å²) in [4.78, 5) is 13.7. The molecule has 1 aromatic rings. The molecule has 21 heavy (non-hydrogen) atoms. The summed E-state index contributed by atoms with van der Waals surface area (Å²) < 4.78 is 26.6. The molecule has 8 heteroatoms. The Balaban J connectivity index is 1.88. The smallest absolute Gasteiger partial charge is 0.242 e. The molecule has 0 radical (unpaired) electrons. The number of rotatable bonds is 5. The van der Waals surface area contributed by atoms with Crippen LogP contribution in [0, 0.1) is 0 Å². The van der Waals surface area contributed by atoms with Crippen molar-refractivity contribution in [3.63, 3.8) is 0 Å². The maximum atomic E-state index is 12.1. The van der Waals surface area contributed by atoms with E-state index >= 15 is 0 Å². The number of hydrogen-bond acceptors (Lipinski definition) is 4. The molecule has 1 amide bonds. The SMILES string of the molecule is O=C(CCNS(=O)(=O)c1ccccc1Cl)N1CCNCC1. The van der Waals surface area contributed by atoms with Gasteiger partial charge in [-0.2, -0.15) is 0 Å². The van der Waals surface area contributed by atoms with Crippen LogP contribution in [0.4, 0.5) is 0 Å². The van der Waals surface area contributed by atoms with Crippen molar-refractivity contribution in [3.8, 4) is 0 Å². The topological polar surface area (TPSA) is 78.5 Å². The molecule has 1 heterocycles. The zero-order chi connectivity index (χ0) is 15.3. The van der Waals surface area contributed by atoms with E-state index in [9.17, 15) is 13.2 Å². The monoisotopic (exact) mass is 331 g/mol. The van der Waals surface area contributed by atoms with Gasteiger partial charge in [-0.15, -0.1) is 0 Å². The molecule has 1 fully saturated rings. The Labute approximate surface area is 129 Å². The fraction of sp³-hybridized carbons (Fsp3) is 0.462. The van der Waals surface area contributed by atoms with Crippen molar-refractivity contribution < 1.29 is 13.2 Å². The summed E-state index contributed by atoms with van der Waals surface area (Å²) >= 11 is 5.87. The Bertz CT molecular complexity index is 600. The van der Waals surface area contributed by atoms with Crippen LogP contribution < -0.4 is 10.0 Å². The quantitative estimate of drug-likeness (QED) is 0.820. The van der Waals surface area contributed by atoms with Gasteiger partial charge in [-0.1, -0.05) is 23.7 Å². The van der Waals surface area contributed by atoms with Gasteiger partial charge in [0, 0.05) is 39.1 Å². The van der Waals surface area contributed by atoms with E-state index in [0.717, 1.165) is 13.1 Å². The van der Waals surface area contributed by atoms with E-state index < -0.39 is 10.0 Å². The van der Waals surface area contributed by atoms with Crippen LogP contribution in [0.15, 0.2) is 29.2 Å². The molecule has 0 saturated carbocycles. The highest BCUT2D eigenvalue weighted by Crippen LogP contribution is 2.19. The molecule has 0 aliphatic carbocycles. The lowest BCUT2D eigenvalue weighted by atomic mass is 10.3. The first-order chi connectivity index (χ1) is 10.0. The summed E-state index contributed by atoms with van der Waals surface area (Å²) in [6, 6.07) is 6.21. The number of nitrogens with one attached hydrogen (secondary N) is 2. The highest BCUT2D eigenvalue weighted by molar-refractivity contribution is 7.89. The van der Waals surface area contributed by atoms with E-state index in [4.69, 9.17) is 11.6 Å². The fourth-order valence-electron chi connectivity index (χ4n) is 2.11. The molecule has 6 nitrogen and oxygen atoms in total. The second-order valence-corrected chi connectivity index (χ2v) is 6.85. The molecule has 0 bridgehead atoms. The lowest BCUT2D eigenvalue weighted by molar-refractivity contribution is -0.131. The third kappa shape index (κ3) is 4.41. The summed E-state index contributed by atoms with van der Waals surface area (Å²) in [5.41, 5.74) is 0. The zero-order valence-electron chi connectivity index (χ0n) is 11.5. The Morgan fingerprint density at radius 1 is 1.29 bits per heavy atom.